The van der Waals surface area contributed by atoms with E-state index in [1.54, 1.807) is 31.4 Å². The van der Waals surface area contributed by atoms with Crippen LogP contribution < -0.4 is 10.1 Å². The van der Waals surface area contributed by atoms with Crippen LogP contribution in [-0.4, -0.2) is 23.2 Å². The lowest BCUT2D eigenvalue weighted by atomic mass is 10.2. The third kappa shape index (κ3) is 3.57. The van der Waals surface area contributed by atoms with Crippen LogP contribution in [0.3, 0.4) is 0 Å². The Morgan fingerprint density at radius 2 is 1.96 bits per heavy atom. The summed E-state index contributed by atoms with van der Waals surface area (Å²) in [6.07, 6.45) is 0. The van der Waals surface area contributed by atoms with Crippen LogP contribution in [0.25, 0.3) is 11.5 Å². The number of aromatic nitrogens is 2. The molecule has 0 aliphatic rings. The third-order valence-electron chi connectivity index (χ3n) is 3.07. The van der Waals surface area contributed by atoms with E-state index in [-0.39, 0.29) is 11.9 Å². The molecule has 6 nitrogen and oxygen atoms in total. The number of hydrogen-bond acceptors (Lipinski definition) is 5. The van der Waals surface area contributed by atoms with Crippen LogP contribution in [0.15, 0.2) is 57.4 Å². The van der Waals surface area contributed by atoms with Crippen LogP contribution in [0.5, 0.6) is 5.75 Å². The van der Waals surface area contributed by atoms with Gasteiger partial charge in [-0.3, -0.25) is 10.1 Å². The van der Waals surface area contributed by atoms with Gasteiger partial charge >= 0.3 is 6.01 Å². The maximum atomic E-state index is 12.1. The molecule has 116 valence electrons. The monoisotopic (exact) mass is 373 g/mol. The van der Waals surface area contributed by atoms with Crippen LogP contribution in [0.2, 0.25) is 0 Å². The fourth-order valence-corrected chi connectivity index (χ4v) is 2.32. The largest absolute Gasteiger partial charge is 0.497 e. The Kier molecular flexibility index (Phi) is 4.38. The highest BCUT2D eigenvalue weighted by Gasteiger charge is 2.13. The number of hydrogen-bond donors (Lipinski definition) is 1. The van der Waals surface area contributed by atoms with Gasteiger partial charge in [-0.25, -0.2) is 0 Å². The molecule has 0 bridgehead atoms. The van der Waals surface area contributed by atoms with E-state index in [9.17, 15) is 4.79 Å². The summed E-state index contributed by atoms with van der Waals surface area (Å²) in [5.41, 5.74) is 1.23. The van der Waals surface area contributed by atoms with Crippen LogP contribution in [-0.2, 0) is 0 Å². The lowest BCUT2D eigenvalue weighted by Crippen LogP contribution is -2.11. The molecule has 0 radical (unpaired) electrons. The van der Waals surface area contributed by atoms with Gasteiger partial charge in [0.1, 0.15) is 5.75 Å². The zero-order chi connectivity index (χ0) is 16.2. The molecule has 3 aromatic rings. The van der Waals surface area contributed by atoms with Crippen molar-refractivity contribution in [2.24, 2.45) is 0 Å². The average Bonchev–Trinajstić information content (AvgIpc) is 3.03. The number of nitrogens with zero attached hydrogens (tertiary/aromatic N) is 2. The summed E-state index contributed by atoms with van der Waals surface area (Å²) in [5, 5.41) is 10.3. The van der Waals surface area contributed by atoms with Gasteiger partial charge in [0.05, 0.1) is 7.11 Å². The normalized spacial score (nSPS) is 10.3. The number of benzene rings is 2. The Hall–Kier alpha value is -2.67. The topological polar surface area (TPSA) is 77.2 Å². The number of carbonyl (C=O) groups is 1. The number of methoxy groups -OCH3 is 1. The molecule has 1 heterocycles. The molecule has 1 aromatic heterocycles. The SMILES string of the molecule is COc1ccc(C(=O)Nc2nnc(-c3cccc(Br)c3)o2)cc1. The molecule has 1 N–H and O–H groups in total. The molecule has 0 unspecified atom stereocenters. The second-order valence-electron chi connectivity index (χ2n) is 4.61. The molecule has 2 aromatic carbocycles. The van der Waals surface area contributed by atoms with Gasteiger partial charge in [0.2, 0.25) is 5.89 Å². The smallest absolute Gasteiger partial charge is 0.322 e. The zero-order valence-corrected chi connectivity index (χ0v) is 13.7. The molecule has 7 heteroatoms. The maximum Gasteiger partial charge on any atom is 0.322 e. The summed E-state index contributed by atoms with van der Waals surface area (Å²) in [6, 6.07) is 14.2. The first-order valence-corrected chi connectivity index (χ1v) is 7.50. The molecule has 0 saturated heterocycles. The number of nitrogens with one attached hydrogen (secondary N) is 1. The Morgan fingerprint density at radius 3 is 2.65 bits per heavy atom. The molecule has 0 fully saturated rings. The van der Waals surface area contributed by atoms with Gasteiger partial charge < -0.3 is 9.15 Å². The fraction of sp³-hybridized carbons (Fsp3) is 0.0625. The summed E-state index contributed by atoms with van der Waals surface area (Å²) in [7, 11) is 1.57. The van der Waals surface area contributed by atoms with Crippen molar-refractivity contribution in [2.45, 2.75) is 0 Å². The Labute approximate surface area is 140 Å². The summed E-state index contributed by atoms with van der Waals surface area (Å²) < 4.78 is 11.4. The second-order valence-corrected chi connectivity index (χ2v) is 5.52. The number of halogens is 1. The fourth-order valence-electron chi connectivity index (χ4n) is 1.92. The molecule has 0 aliphatic carbocycles. The minimum atomic E-state index is -0.336. The predicted octanol–water partition coefficient (Wildman–Crippen LogP) is 3.76. The van der Waals surface area contributed by atoms with Crippen molar-refractivity contribution in [2.75, 3.05) is 12.4 Å². The Bertz CT molecular complexity index is 831. The summed E-state index contributed by atoms with van der Waals surface area (Å²) in [4.78, 5) is 12.1. The minimum Gasteiger partial charge on any atom is -0.497 e. The maximum absolute atomic E-state index is 12.1. The van der Waals surface area contributed by atoms with Crippen LogP contribution >= 0.6 is 15.9 Å². The van der Waals surface area contributed by atoms with Crippen molar-refractivity contribution in [3.63, 3.8) is 0 Å². The quantitative estimate of drug-likeness (QED) is 0.753. The molecule has 0 atom stereocenters. The van der Waals surface area contributed by atoms with Crippen molar-refractivity contribution >= 4 is 27.9 Å². The van der Waals surface area contributed by atoms with Crippen LogP contribution in [0, 0.1) is 0 Å². The highest BCUT2D eigenvalue weighted by atomic mass is 79.9. The van der Waals surface area contributed by atoms with E-state index in [1.165, 1.54) is 0 Å². The second kappa shape index (κ2) is 6.62. The van der Waals surface area contributed by atoms with Crippen molar-refractivity contribution in [3.05, 3.63) is 58.6 Å². The van der Waals surface area contributed by atoms with Crippen LogP contribution in [0.1, 0.15) is 10.4 Å². The summed E-state index contributed by atoms with van der Waals surface area (Å²) >= 11 is 3.38. The first-order chi connectivity index (χ1) is 11.2. The summed E-state index contributed by atoms with van der Waals surface area (Å²) in [6.45, 7) is 0. The predicted molar refractivity (Wildman–Crippen MR) is 88.4 cm³/mol. The number of amides is 1. The third-order valence-corrected chi connectivity index (χ3v) is 3.56. The first kappa shape index (κ1) is 15.2. The van der Waals surface area contributed by atoms with E-state index >= 15 is 0 Å². The molecular weight excluding hydrogens is 362 g/mol. The number of rotatable bonds is 4. The van der Waals surface area contributed by atoms with E-state index < -0.39 is 0 Å². The van der Waals surface area contributed by atoms with Gasteiger partial charge in [0.25, 0.3) is 5.91 Å². The minimum absolute atomic E-state index is 0.0424. The molecular formula is C16H12BrN3O3. The van der Waals surface area contributed by atoms with Crippen LogP contribution in [0.4, 0.5) is 6.01 Å². The molecule has 3 rings (SSSR count). The zero-order valence-electron chi connectivity index (χ0n) is 12.1. The number of carbonyl (C=O) groups excluding carboxylic acids is 1. The van der Waals surface area contributed by atoms with E-state index in [2.05, 4.69) is 31.4 Å². The molecule has 23 heavy (non-hydrogen) atoms. The first-order valence-electron chi connectivity index (χ1n) is 6.70. The van der Waals surface area contributed by atoms with Gasteiger partial charge in [-0.1, -0.05) is 27.1 Å². The van der Waals surface area contributed by atoms with Crippen molar-refractivity contribution in [1.82, 2.24) is 10.2 Å². The van der Waals surface area contributed by atoms with E-state index in [1.807, 2.05) is 24.3 Å². The van der Waals surface area contributed by atoms with E-state index in [0.29, 0.717) is 17.2 Å². The van der Waals surface area contributed by atoms with Crippen molar-refractivity contribution < 1.29 is 13.9 Å². The van der Waals surface area contributed by atoms with Gasteiger partial charge in [0, 0.05) is 15.6 Å². The molecule has 0 spiro atoms. The van der Waals surface area contributed by atoms with E-state index in [0.717, 1.165) is 10.0 Å². The van der Waals surface area contributed by atoms with E-state index in [4.69, 9.17) is 9.15 Å². The Balaban J connectivity index is 1.74. The molecule has 0 aliphatic heterocycles. The standard InChI is InChI=1S/C16H12BrN3O3/c1-22-13-7-5-10(6-8-13)14(21)18-16-20-19-15(23-16)11-3-2-4-12(17)9-11/h2-9H,1H3,(H,18,20,21). The molecule has 1 amide bonds. The lowest BCUT2D eigenvalue weighted by Gasteiger charge is -2.02. The number of anilines is 1. The van der Waals surface area contributed by atoms with Gasteiger partial charge in [-0.15, -0.1) is 5.10 Å². The van der Waals surface area contributed by atoms with Gasteiger partial charge in [-0.05, 0) is 42.5 Å². The summed E-state index contributed by atoms with van der Waals surface area (Å²) in [5.74, 6) is 0.671. The Morgan fingerprint density at radius 1 is 1.17 bits per heavy atom. The highest BCUT2D eigenvalue weighted by Crippen LogP contribution is 2.23. The van der Waals surface area contributed by atoms with Gasteiger partial charge in [0.15, 0.2) is 0 Å². The van der Waals surface area contributed by atoms with Gasteiger partial charge in [-0.2, -0.15) is 0 Å². The number of ether oxygens (including phenoxy) is 1. The molecule has 0 saturated carbocycles. The average molecular weight is 374 g/mol. The highest BCUT2D eigenvalue weighted by molar-refractivity contribution is 9.10. The van der Waals surface area contributed by atoms with Crippen molar-refractivity contribution in [1.29, 1.82) is 0 Å². The lowest BCUT2D eigenvalue weighted by molar-refractivity contribution is 0.102. The van der Waals surface area contributed by atoms with Crippen molar-refractivity contribution in [3.8, 4) is 17.2 Å².